The van der Waals surface area contributed by atoms with Gasteiger partial charge in [0.15, 0.2) is 11.6 Å². The number of aromatic amines is 1. The van der Waals surface area contributed by atoms with Crippen LogP contribution in [0.1, 0.15) is 45.9 Å². The number of amides is 1. The first kappa shape index (κ1) is 18.3. The lowest BCUT2D eigenvalue weighted by atomic mass is 9.89. The Balaban J connectivity index is 1.41. The van der Waals surface area contributed by atoms with E-state index >= 15 is 0 Å². The fraction of sp³-hybridized carbons (Fsp3) is 0.273. The van der Waals surface area contributed by atoms with Crippen LogP contribution >= 0.6 is 0 Å². The number of H-pyrrole nitrogens is 1. The number of piperidine rings is 1. The molecule has 4 rings (SSSR count). The fourth-order valence-corrected chi connectivity index (χ4v) is 3.81. The molecule has 0 bridgehead atoms. The summed E-state index contributed by atoms with van der Waals surface area (Å²) in [5, 5.41) is 7.37. The van der Waals surface area contributed by atoms with E-state index in [0.717, 1.165) is 37.1 Å². The van der Waals surface area contributed by atoms with Gasteiger partial charge in [0.05, 0.1) is 6.20 Å². The van der Waals surface area contributed by atoms with Gasteiger partial charge in [-0.15, -0.1) is 0 Å². The predicted molar refractivity (Wildman–Crippen MR) is 102 cm³/mol. The van der Waals surface area contributed by atoms with Crippen LogP contribution in [0.2, 0.25) is 0 Å². The highest BCUT2D eigenvalue weighted by Gasteiger charge is 2.27. The quantitative estimate of drug-likeness (QED) is 0.733. The number of hydrogen-bond acceptors (Lipinski definition) is 2. The summed E-state index contributed by atoms with van der Waals surface area (Å²) >= 11 is 0. The van der Waals surface area contributed by atoms with Crippen LogP contribution in [0.25, 0.3) is 0 Å². The minimum absolute atomic E-state index is 0.184. The number of nitrogens with one attached hydrogen (secondary N) is 1. The summed E-state index contributed by atoms with van der Waals surface area (Å²) in [5.74, 6) is -1.90. The molecule has 6 heteroatoms. The summed E-state index contributed by atoms with van der Waals surface area (Å²) in [5.41, 5.74) is 3.72. The third kappa shape index (κ3) is 3.81. The Bertz CT molecular complexity index is 963. The van der Waals surface area contributed by atoms with E-state index in [1.54, 1.807) is 4.90 Å². The minimum atomic E-state index is -0.997. The van der Waals surface area contributed by atoms with Crippen molar-refractivity contribution in [3.8, 4) is 0 Å². The molecule has 2 aromatic carbocycles. The van der Waals surface area contributed by atoms with Gasteiger partial charge in [-0.2, -0.15) is 5.10 Å². The van der Waals surface area contributed by atoms with Gasteiger partial charge >= 0.3 is 0 Å². The average Bonchev–Trinajstić information content (AvgIpc) is 3.18. The molecule has 0 atom stereocenters. The van der Waals surface area contributed by atoms with Gasteiger partial charge in [-0.3, -0.25) is 9.89 Å². The Morgan fingerprint density at radius 1 is 1.07 bits per heavy atom. The highest BCUT2D eigenvalue weighted by Crippen LogP contribution is 2.30. The number of aromatic nitrogens is 2. The maximum atomic E-state index is 13.4. The molecule has 1 aliphatic heterocycles. The summed E-state index contributed by atoms with van der Waals surface area (Å²) in [7, 11) is 0. The van der Waals surface area contributed by atoms with Gasteiger partial charge in [-0.05, 0) is 42.2 Å². The lowest BCUT2D eigenvalue weighted by molar-refractivity contribution is 0.0711. The number of nitrogens with zero attached hydrogens (tertiary/aromatic N) is 2. The van der Waals surface area contributed by atoms with Crippen LogP contribution in [0.15, 0.2) is 54.7 Å². The van der Waals surface area contributed by atoms with Gasteiger partial charge in [-0.1, -0.05) is 30.3 Å². The van der Waals surface area contributed by atoms with Crippen molar-refractivity contribution in [1.29, 1.82) is 0 Å². The molecule has 0 saturated carbocycles. The molecule has 3 aromatic rings. The Kier molecular flexibility index (Phi) is 5.19. The molecular formula is C22H21F2N3O. The normalized spacial score (nSPS) is 15.0. The Morgan fingerprint density at radius 3 is 2.54 bits per heavy atom. The third-order valence-electron chi connectivity index (χ3n) is 5.35. The van der Waals surface area contributed by atoms with E-state index in [0.29, 0.717) is 19.0 Å². The predicted octanol–water partition coefficient (Wildman–Crippen LogP) is 4.30. The number of hydrogen-bond donors (Lipinski definition) is 1. The molecule has 0 radical (unpaired) electrons. The van der Waals surface area contributed by atoms with Crippen molar-refractivity contribution < 1.29 is 13.6 Å². The summed E-state index contributed by atoms with van der Waals surface area (Å²) in [6.07, 6.45) is 4.31. The van der Waals surface area contributed by atoms with Gasteiger partial charge < -0.3 is 4.90 Å². The second kappa shape index (κ2) is 7.92. The number of likely N-dealkylation sites (tertiary alicyclic amines) is 1. The molecule has 1 fully saturated rings. The minimum Gasteiger partial charge on any atom is -0.339 e. The van der Waals surface area contributed by atoms with Crippen molar-refractivity contribution in [1.82, 2.24) is 15.1 Å². The van der Waals surface area contributed by atoms with E-state index in [1.807, 2.05) is 24.4 Å². The molecule has 0 spiro atoms. The summed E-state index contributed by atoms with van der Waals surface area (Å²) < 4.78 is 26.5. The van der Waals surface area contributed by atoms with Crippen LogP contribution < -0.4 is 0 Å². The van der Waals surface area contributed by atoms with Crippen molar-refractivity contribution in [2.45, 2.75) is 25.2 Å². The molecule has 28 heavy (non-hydrogen) atoms. The topological polar surface area (TPSA) is 49.0 Å². The zero-order valence-electron chi connectivity index (χ0n) is 15.4. The number of carbonyl (C=O) groups is 1. The highest BCUT2D eigenvalue weighted by atomic mass is 19.2. The van der Waals surface area contributed by atoms with Gasteiger partial charge in [-0.25, -0.2) is 8.78 Å². The lowest BCUT2D eigenvalue weighted by Gasteiger charge is -2.32. The Hall–Kier alpha value is -3.02. The van der Waals surface area contributed by atoms with Crippen molar-refractivity contribution in [2.24, 2.45) is 0 Å². The smallest absolute Gasteiger partial charge is 0.253 e. The van der Waals surface area contributed by atoms with Crippen molar-refractivity contribution >= 4 is 5.91 Å². The maximum Gasteiger partial charge on any atom is 0.253 e. The van der Waals surface area contributed by atoms with Crippen molar-refractivity contribution in [2.75, 3.05) is 13.1 Å². The molecule has 1 aliphatic rings. The van der Waals surface area contributed by atoms with Crippen LogP contribution in [-0.4, -0.2) is 34.1 Å². The van der Waals surface area contributed by atoms with Gasteiger partial charge in [0.25, 0.3) is 5.91 Å². The molecule has 0 unspecified atom stereocenters. The number of carbonyl (C=O) groups excluding carboxylic acids is 1. The van der Waals surface area contributed by atoms with Gasteiger partial charge in [0.2, 0.25) is 0 Å². The molecule has 1 N–H and O–H groups in total. The highest BCUT2D eigenvalue weighted by molar-refractivity contribution is 5.94. The second-order valence-electron chi connectivity index (χ2n) is 7.17. The lowest BCUT2D eigenvalue weighted by Crippen LogP contribution is -2.38. The van der Waals surface area contributed by atoms with Crippen LogP contribution in [0.4, 0.5) is 8.78 Å². The summed E-state index contributed by atoms with van der Waals surface area (Å²) in [6, 6.07) is 13.5. The van der Waals surface area contributed by atoms with Gasteiger partial charge in [0, 0.05) is 36.7 Å². The maximum absolute atomic E-state index is 13.4. The van der Waals surface area contributed by atoms with Crippen LogP contribution in [0.3, 0.4) is 0 Å². The van der Waals surface area contributed by atoms with Crippen molar-refractivity contribution in [3.05, 3.63) is 88.7 Å². The summed E-state index contributed by atoms with van der Waals surface area (Å²) in [6.45, 7) is 1.15. The van der Waals surface area contributed by atoms with Crippen molar-refractivity contribution in [3.63, 3.8) is 0 Å². The average molecular weight is 381 g/mol. The largest absolute Gasteiger partial charge is 0.339 e. The number of halogens is 2. The van der Waals surface area contributed by atoms with E-state index < -0.39 is 11.6 Å². The van der Waals surface area contributed by atoms with Crippen LogP contribution in [0, 0.1) is 11.6 Å². The second-order valence-corrected chi connectivity index (χ2v) is 7.17. The Morgan fingerprint density at radius 2 is 1.82 bits per heavy atom. The van der Waals surface area contributed by atoms with Crippen LogP contribution in [-0.2, 0) is 6.42 Å². The Labute approximate surface area is 162 Å². The van der Waals surface area contributed by atoms with E-state index in [4.69, 9.17) is 0 Å². The molecular weight excluding hydrogens is 360 g/mol. The standard InChI is InChI=1S/C22H21F2N3O/c23-19-7-6-17(13-20(19)24)22(28)27-10-8-16(9-11-27)21-18(14-25-26-21)12-15-4-2-1-3-5-15/h1-7,13-14,16H,8-12H2,(H,25,26). The van der Waals surface area contributed by atoms with E-state index in [-0.39, 0.29) is 11.5 Å². The molecule has 144 valence electrons. The van der Waals surface area contributed by atoms with E-state index in [1.165, 1.54) is 17.2 Å². The van der Waals surface area contributed by atoms with Gasteiger partial charge in [0.1, 0.15) is 0 Å². The first-order chi connectivity index (χ1) is 13.6. The summed E-state index contributed by atoms with van der Waals surface area (Å²) in [4.78, 5) is 14.3. The van der Waals surface area contributed by atoms with E-state index in [2.05, 4.69) is 22.3 Å². The zero-order chi connectivity index (χ0) is 19.5. The molecule has 1 amide bonds. The van der Waals surface area contributed by atoms with Crippen LogP contribution in [0.5, 0.6) is 0 Å². The monoisotopic (exact) mass is 381 g/mol. The third-order valence-corrected chi connectivity index (χ3v) is 5.35. The first-order valence-electron chi connectivity index (χ1n) is 9.42. The fourth-order valence-electron chi connectivity index (χ4n) is 3.81. The number of rotatable bonds is 4. The van der Waals surface area contributed by atoms with E-state index in [9.17, 15) is 13.6 Å². The zero-order valence-corrected chi connectivity index (χ0v) is 15.4. The molecule has 0 aliphatic carbocycles. The molecule has 4 nitrogen and oxygen atoms in total. The SMILES string of the molecule is O=C(c1ccc(F)c(F)c1)N1CCC(c2[nH]ncc2Cc2ccccc2)CC1. The molecule has 2 heterocycles. The molecule has 1 saturated heterocycles. The molecule has 1 aromatic heterocycles. The number of benzene rings is 2. The first-order valence-corrected chi connectivity index (χ1v) is 9.42.